The number of carbonyl (C=O) groups excluding carboxylic acids is 1. The number of halogens is 1. The highest BCUT2D eigenvalue weighted by Gasteiger charge is 2.28. The van der Waals surface area contributed by atoms with E-state index in [9.17, 15) is 4.79 Å². The molecular formula is C19H14BrN3O2. The third-order valence-electron chi connectivity index (χ3n) is 3.62. The van der Waals surface area contributed by atoms with Gasteiger partial charge in [-0.3, -0.25) is 4.79 Å². The van der Waals surface area contributed by atoms with Crippen LogP contribution in [0, 0.1) is 11.3 Å². The molecule has 25 heavy (non-hydrogen) atoms. The van der Waals surface area contributed by atoms with Crippen LogP contribution in [-0.2, 0) is 4.79 Å². The van der Waals surface area contributed by atoms with Crippen molar-refractivity contribution in [2.45, 2.75) is 6.92 Å². The Hall–Kier alpha value is -2.91. The fourth-order valence-corrected chi connectivity index (χ4v) is 2.94. The smallest absolute Gasteiger partial charge is 0.280 e. The lowest BCUT2D eigenvalue weighted by atomic mass is 10.1. The van der Waals surface area contributed by atoms with E-state index in [0.29, 0.717) is 17.0 Å². The summed E-state index contributed by atoms with van der Waals surface area (Å²) in [6, 6.07) is 16.7. The Labute approximate surface area is 154 Å². The molecule has 1 heterocycles. The first-order valence-corrected chi connectivity index (χ1v) is 8.35. The summed E-state index contributed by atoms with van der Waals surface area (Å²) in [7, 11) is 0. The van der Waals surface area contributed by atoms with E-state index in [1.54, 1.807) is 12.1 Å². The summed E-state index contributed by atoms with van der Waals surface area (Å²) in [4.78, 5) is 12.7. The van der Waals surface area contributed by atoms with Crippen molar-refractivity contribution in [2.75, 3.05) is 11.6 Å². The minimum atomic E-state index is -0.162. The molecule has 0 aromatic heterocycles. The van der Waals surface area contributed by atoms with Crippen LogP contribution in [0.3, 0.4) is 0 Å². The van der Waals surface area contributed by atoms with Gasteiger partial charge in [0.25, 0.3) is 5.91 Å². The van der Waals surface area contributed by atoms with Crippen molar-refractivity contribution in [3.8, 4) is 11.8 Å². The molecule has 1 aliphatic heterocycles. The van der Waals surface area contributed by atoms with E-state index in [1.165, 1.54) is 5.01 Å². The number of hydrogen-bond acceptors (Lipinski definition) is 4. The van der Waals surface area contributed by atoms with Gasteiger partial charge < -0.3 is 4.74 Å². The van der Waals surface area contributed by atoms with E-state index in [2.05, 4.69) is 21.0 Å². The molecule has 0 saturated carbocycles. The molecule has 0 fully saturated rings. The number of rotatable bonds is 4. The van der Waals surface area contributed by atoms with Gasteiger partial charge in [0.2, 0.25) is 0 Å². The number of ether oxygens (including phenoxy) is 1. The van der Waals surface area contributed by atoms with Crippen LogP contribution in [0.2, 0.25) is 0 Å². The molecule has 0 atom stereocenters. The van der Waals surface area contributed by atoms with Crippen molar-refractivity contribution in [3.63, 3.8) is 0 Å². The molecule has 0 N–H and O–H groups in total. The summed E-state index contributed by atoms with van der Waals surface area (Å²) in [6.07, 6.45) is 1.79. The van der Waals surface area contributed by atoms with Crippen molar-refractivity contribution < 1.29 is 9.53 Å². The normalized spacial score (nSPS) is 15.2. The van der Waals surface area contributed by atoms with Gasteiger partial charge in [0.15, 0.2) is 6.61 Å². The predicted molar refractivity (Wildman–Crippen MR) is 100 cm³/mol. The van der Waals surface area contributed by atoms with Crippen LogP contribution in [0.1, 0.15) is 12.5 Å². The van der Waals surface area contributed by atoms with Crippen LogP contribution < -0.4 is 9.75 Å². The van der Waals surface area contributed by atoms with Gasteiger partial charge in [0.05, 0.1) is 21.4 Å². The van der Waals surface area contributed by atoms with Crippen molar-refractivity contribution in [2.24, 2.45) is 5.10 Å². The number of nitrogens with zero attached hydrogens (tertiary/aromatic N) is 3. The molecule has 0 saturated heterocycles. The molecule has 0 radical (unpaired) electrons. The van der Waals surface area contributed by atoms with Gasteiger partial charge in [0.1, 0.15) is 11.8 Å². The molecule has 124 valence electrons. The SMILES string of the molecule is CC1=NN(c2ccccc2)C(=O)/C1=C/c1ccc(OCC#N)c(Br)c1. The topological polar surface area (TPSA) is 65.7 Å². The van der Waals surface area contributed by atoms with Gasteiger partial charge in [-0.1, -0.05) is 24.3 Å². The van der Waals surface area contributed by atoms with Gasteiger partial charge in [-0.05, 0) is 58.8 Å². The van der Waals surface area contributed by atoms with Crippen molar-refractivity contribution >= 4 is 39.3 Å². The average molecular weight is 396 g/mol. The molecule has 3 rings (SSSR count). The fraction of sp³-hybridized carbons (Fsp3) is 0.105. The molecular weight excluding hydrogens is 382 g/mol. The van der Waals surface area contributed by atoms with Gasteiger partial charge >= 0.3 is 0 Å². The maximum Gasteiger partial charge on any atom is 0.280 e. The van der Waals surface area contributed by atoms with Gasteiger partial charge in [-0.25, -0.2) is 0 Å². The highest BCUT2D eigenvalue weighted by atomic mass is 79.9. The number of carbonyl (C=O) groups is 1. The van der Waals surface area contributed by atoms with Gasteiger partial charge in [-0.2, -0.15) is 15.4 Å². The summed E-state index contributed by atoms with van der Waals surface area (Å²) in [5.74, 6) is 0.419. The zero-order valence-corrected chi connectivity index (χ0v) is 15.0. The lowest BCUT2D eigenvalue weighted by Gasteiger charge is -2.11. The van der Waals surface area contributed by atoms with Crippen LogP contribution in [-0.4, -0.2) is 18.2 Å². The summed E-state index contributed by atoms with van der Waals surface area (Å²) in [5.41, 5.74) is 2.77. The molecule has 2 aromatic carbocycles. The Kier molecular flexibility index (Phi) is 4.96. The lowest BCUT2D eigenvalue weighted by molar-refractivity contribution is -0.114. The maximum absolute atomic E-state index is 12.7. The predicted octanol–water partition coefficient (Wildman–Crippen LogP) is 4.16. The Morgan fingerprint density at radius 3 is 2.72 bits per heavy atom. The Balaban J connectivity index is 1.87. The number of hydrazone groups is 1. The number of anilines is 1. The molecule has 0 spiro atoms. The fourth-order valence-electron chi connectivity index (χ4n) is 2.43. The Morgan fingerprint density at radius 1 is 1.28 bits per heavy atom. The number of para-hydroxylation sites is 1. The highest BCUT2D eigenvalue weighted by Crippen LogP contribution is 2.29. The maximum atomic E-state index is 12.7. The third kappa shape index (κ3) is 3.62. The third-order valence-corrected chi connectivity index (χ3v) is 4.24. The van der Waals surface area contributed by atoms with E-state index in [1.807, 2.05) is 55.5 Å². The first-order valence-electron chi connectivity index (χ1n) is 7.56. The summed E-state index contributed by atoms with van der Waals surface area (Å²) in [6.45, 7) is 1.79. The number of amides is 1. The first kappa shape index (κ1) is 16.9. The van der Waals surface area contributed by atoms with Crippen LogP contribution in [0.25, 0.3) is 6.08 Å². The second-order valence-corrected chi connectivity index (χ2v) is 6.19. The van der Waals surface area contributed by atoms with E-state index in [-0.39, 0.29) is 12.5 Å². The average Bonchev–Trinajstić information content (AvgIpc) is 2.90. The van der Waals surface area contributed by atoms with Crippen molar-refractivity contribution in [1.82, 2.24) is 0 Å². The molecule has 1 aliphatic rings. The van der Waals surface area contributed by atoms with Crippen LogP contribution in [0.4, 0.5) is 5.69 Å². The van der Waals surface area contributed by atoms with E-state index < -0.39 is 0 Å². The lowest BCUT2D eigenvalue weighted by Crippen LogP contribution is -2.21. The minimum absolute atomic E-state index is 0.0185. The monoisotopic (exact) mass is 395 g/mol. The number of nitriles is 1. The molecule has 1 amide bonds. The minimum Gasteiger partial charge on any atom is -0.478 e. The van der Waals surface area contributed by atoms with E-state index in [0.717, 1.165) is 15.7 Å². The molecule has 0 aliphatic carbocycles. The number of benzene rings is 2. The zero-order valence-electron chi connectivity index (χ0n) is 13.4. The number of hydrogen-bond donors (Lipinski definition) is 0. The first-order chi connectivity index (χ1) is 12.1. The van der Waals surface area contributed by atoms with Crippen LogP contribution >= 0.6 is 15.9 Å². The molecule has 6 heteroatoms. The summed E-state index contributed by atoms with van der Waals surface area (Å²) < 4.78 is 6.02. The van der Waals surface area contributed by atoms with Crippen molar-refractivity contribution in [1.29, 1.82) is 5.26 Å². The Morgan fingerprint density at radius 2 is 2.04 bits per heavy atom. The van der Waals surface area contributed by atoms with Crippen LogP contribution in [0.15, 0.2) is 63.7 Å². The van der Waals surface area contributed by atoms with Crippen LogP contribution in [0.5, 0.6) is 5.75 Å². The largest absolute Gasteiger partial charge is 0.478 e. The zero-order chi connectivity index (χ0) is 17.8. The second-order valence-electron chi connectivity index (χ2n) is 5.33. The molecule has 0 unspecified atom stereocenters. The summed E-state index contributed by atoms with van der Waals surface area (Å²) >= 11 is 3.42. The molecule has 2 aromatic rings. The van der Waals surface area contributed by atoms with Gasteiger partial charge in [-0.15, -0.1) is 0 Å². The molecule has 5 nitrogen and oxygen atoms in total. The Bertz CT molecular complexity index is 914. The second kappa shape index (κ2) is 7.32. The van der Waals surface area contributed by atoms with Crippen molar-refractivity contribution in [3.05, 3.63) is 64.1 Å². The summed E-state index contributed by atoms with van der Waals surface area (Å²) in [5, 5.41) is 14.3. The molecule has 0 bridgehead atoms. The standard InChI is InChI=1S/C19H14BrN3O2/c1-13-16(19(24)23(22-13)15-5-3-2-4-6-15)11-14-7-8-18(17(20)12-14)25-10-9-21/h2-8,11-12H,10H2,1H3/b16-11+. The quantitative estimate of drug-likeness (QED) is 0.729. The van der Waals surface area contributed by atoms with E-state index in [4.69, 9.17) is 10.00 Å². The van der Waals surface area contributed by atoms with Gasteiger partial charge in [0, 0.05) is 0 Å². The highest BCUT2D eigenvalue weighted by molar-refractivity contribution is 9.10. The van der Waals surface area contributed by atoms with E-state index >= 15 is 0 Å².